The molecular weight excluding hydrogens is 264 g/mol. The number of aromatic carboxylic acids is 1. The number of aryl methyl sites for hydroxylation is 1. The average molecular weight is 276 g/mol. The molecule has 0 saturated heterocycles. The Bertz CT molecular complexity index is 650. The third-order valence-electron chi connectivity index (χ3n) is 2.48. The SMILES string of the molecule is Cc1ccc(SCc2ncc(C(=O)O)c(=O)[nH]2)cc1. The van der Waals surface area contributed by atoms with Crippen LogP contribution in [0.5, 0.6) is 0 Å². The lowest BCUT2D eigenvalue weighted by Gasteiger charge is -2.02. The lowest BCUT2D eigenvalue weighted by molar-refractivity contribution is 0.0694. The van der Waals surface area contributed by atoms with Crippen molar-refractivity contribution < 1.29 is 9.90 Å². The summed E-state index contributed by atoms with van der Waals surface area (Å²) in [7, 11) is 0. The van der Waals surface area contributed by atoms with E-state index in [1.165, 1.54) is 17.3 Å². The normalized spacial score (nSPS) is 10.4. The number of aromatic amines is 1. The first kappa shape index (κ1) is 13.4. The van der Waals surface area contributed by atoms with Crippen LogP contribution >= 0.6 is 11.8 Å². The van der Waals surface area contributed by atoms with E-state index < -0.39 is 11.5 Å². The van der Waals surface area contributed by atoms with Gasteiger partial charge in [-0.15, -0.1) is 11.8 Å². The van der Waals surface area contributed by atoms with E-state index in [1.807, 2.05) is 31.2 Å². The van der Waals surface area contributed by atoms with Gasteiger partial charge >= 0.3 is 5.97 Å². The third kappa shape index (κ3) is 3.45. The van der Waals surface area contributed by atoms with E-state index in [0.29, 0.717) is 11.6 Å². The molecule has 0 amide bonds. The van der Waals surface area contributed by atoms with Crippen LogP contribution < -0.4 is 5.56 Å². The van der Waals surface area contributed by atoms with Crippen molar-refractivity contribution in [3.05, 3.63) is 57.8 Å². The number of benzene rings is 1. The van der Waals surface area contributed by atoms with Gasteiger partial charge in [-0.05, 0) is 19.1 Å². The molecule has 5 nitrogen and oxygen atoms in total. The number of rotatable bonds is 4. The summed E-state index contributed by atoms with van der Waals surface area (Å²) in [5.41, 5.74) is 0.216. The smallest absolute Gasteiger partial charge is 0.342 e. The Kier molecular flexibility index (Phi) is 4.01. The number of carboxylic acid groups (broad SMARTS) is 1. The zero-order valence-electron chi connectivity index (χ0n) is 10.2. The van der Waals surface area contributed by atoms with E-state index >= 15 is 0 Å². The van der Waals surface area contributed by atoms with E-state index in [1.54, 1.807) is 0 Å². The van der Waals surface area contributed by atoms with E-state index in [0.717, 1.165) is 11.1 Å². The average Bonchev–Trinajstić information content (AvgIpc) is 2.37. The molecule has 0 atom stereocenters. The molecular formula is C13H12N2O3S. The molecule has 1 aromatic heterocycles. The van der Waals surface area contributed by atoms with Crippen LogP contribution in [0.2, 0.25) is 0 Å². The Balaban J connectivity index is 2.08. The Hall–Kier alpha value is -2.08. The van der Waals surface area contributed by atoms with Crippen LogP contribution in [0, 0.1) is 6.92 Å². The van der Waals surface area contributed by atoms with Crippen molar-refractivity contribution in [2.45, 2.75) is 17.6 Å². The van der Waals surface area contributed by atoms with Crippen LogP contribution in [0.3, 0.4) is 0 Å². The Morgan fingerprint density at radius 2 is 2.05 bits per heavy atom. The van der Waals surface area contributed by atoms with Gasteiger partial charge in [-0.25, -0.2) is 9.78 Å². The summed E-state index contributed by atoms with van der Waals surface area (Å²) in [6.45, 7) is 2.01. The minimum absolute atomic E-state index is 0.343. The fourth-order valence-electron chi connectivity index (χ4n) is 1.44. The van der Waals surface area contributed by atoms with Gasteiger partial charge in [0.15, 0.2) is 0 Å². The molecule has 0 unspecified atom stereocenters. The minimum atomic E-state index is -1.27. The molecule has 0 aliphatic heterocycles. The number of thioether (sulfide) groups is 1. The summed E-state index contributed by atoms with van der Waals surface area (Å²) in [6, 6.07) is 7.99. The summed E-state index contributed by atoms with van der Waals surface area (Å²) in [5.74, 6) is -0.329. The third-order valence-corrected chi connectivity index (χ3v) is 3.50. The Morgan fingerprint density at radius 1 is 1.37 bits per heavy atom. The molecule has 0 spiro atoms. The number of carboxylic acids is 1. The molecule has 0 saturated carbocycles. The van der Waals surface area contributed by atoms with Crippen molar-refractivity contribution in [1.29, 1.82) is 0 Å². The standard InChI is InChI=1S/C13H12N2O3S/c1-8-2-4-9(5-3-8)19-7-11-14-6-10(13(17)18)12(16)15-11/h2-6H,7H2,1H3,(H,17,18)(H,14,15,16). The van der Waals surface area contributed by atoms with Gasteiger partial charge in [0.25, 0.3) is 5.56 Å². The van der Waals surface area contributed by atoms with Crippen LogP contribution in [-0.4, -0.2) is 21.0 Å². The highest BCUT2D eigenvalue weighted by Crippen LogP contribution is 2.21. The van der Waals surface area contributed by atoms with Gasteiger partial charge in [-0.1, -0.05) is 17.7 Å². The van der Waals surface area contributed by atoms with Gasteiger partial charge in [-0.3, -0.25) is 4.79 Å². The molecule has 1 heterocycles. The fraction of sp³-hybridized carbons (Fsp3) is 0.154. The number of H-pyrrole nitrogens is 1. The van der Waals surface area contributed by atoms with Crippen molar-refractivity contribution in [2.75, 3.05) is 0 Å². The van der Waals surface area contributed by atoms with Gasteiger partial charge < -0.3 is 10.1 Å². The lowest BCUT2D eigenvalue weighted by Crippen LogP contribution is -2.19. The highest BCUT2D eigenvalue weighted by atomic mass is 32.2. The Morgan fingerprint density at radius 3 is 2.63 bits per heavy atom. The van der Waals surface area contributed by atoms with Gasteiger partial charge in [-0.2, -0.15) is 0 Å². The van der Waals surface area contributed by atoms with Crippen molar-refractivity contribution in [3.63, 3.8) is 0 Å². The van der Waals surface area contributed by atoms with Crippen LogP contribution in [0.15, 0.2) is 40.2 Å². The van der Waals surface area contributed by atoms with Crippen molar-refractivity contribution in [3.8, 4) is 0 Å². The maximum Gasteiger partial charge on any atom is 0.342 e. The topological polar surface area (TPSA) is 83.0 Å². The number of nitrogens with zero attached hydrogens (tertiary/aromatic N) is 1. The van der Waals surface area contributed by atoms with Gasteiger partial charge in [0.05, 0.1) is 5.75 Å². The summed E-state index contributed by atoms with van der Waals surface area (Å²) in [6.07, 6.45) is 1.09. The summed E-state index contributed by atoms with van der Waals surface area (Å²) in [4.78, 5) is 29.6. The molecule has 0 fully saturated rings. The molecule has 2 rings (SSSR count). The molecule has 19 heavy (non-hydrogen) atoms. The maximum absolute atomic E-state index is 11.5. The second-order valence-corrected chi connectivity index (χ2v) is 5.03. The van der Waals surface area contributed by atoms with E-state index in [-0.39, 0.29) is 5.56 Å². The molecule has 1 aromatic carbocycles. The Labute approximate surface area is 113 Å². The van der Waals surface area contributed by atoms with Crippen LogP contribution in [-0.2, 0) is 5.75 Å². The molecule has 6 heteroatoms. The minimum Gasteiger partial charge on any atom is -0.477 e. The first-order valence-electron chi connectivity index (χ1n) is 5.57. The molecule has 0 bridgehead atoms. The second kappa shape index (κ2) is 5.71. The monoisotopic (exact) mass is 276 g/mol. The number of aromatic nitrogens is 2. The first-order valence-corrected chi connectivity index (χ1v) is 6.56. The number of carbonyl (C=O) groups is 1. The van der Waals surface area contributed by atoms with Crippen molar-refractivity contribution in [2.24, 2.45) is 0 Å². The lowest BCUT2D eigenvalue weighted by atomic mass is 10.2. The predicted octanol–water partition coefficient (Wildman–Crippen LogP) is 2.07. The van der Waals surface area contributed by atoms with Crippen LogP contribution in [0.4, 0.5) is 0 Å². The molecule has 0 radical (unpaired) electrons. The van der Waals surface area contributed by atoms with Crippen LogP contribution in [0.25, 0.3) is 0 Å². The van der Waals surface area contributed by atoms with Gasteiger partial charge in [0.1, 0.15) is 11.4 Å². The highest BCUT2D eigenvalue weighted by molar-refractivity contribution is 7.98. The molecule has 0 aliphatic carbocycles. The summed E-state index contributed by atoms with van der Waals surface area (Å²) < 4.78 is 0. The quantitative estimate of drug-likeness (QED) is 0.835. The number of nitrogens with one attached hydrogen (secondary N) is 1. The second-order valence-electron chi connectivity index (χ2n) is 3.98. The first-order chi connectivity index (χ1) is 9.06. The van der Waals surface area contributed by atoms with E-state index in [4.69, 9.17) is 5.11 Å². The number of hydrogen-bond donors (Lipinski definition) is 2. The van der Waals surface area contributed by atoms with Crippen molar-refractivity contribution >= 4 is 17.7 Å². The van der Waals surface area contributed by atoms with E-state index in [2.05, 4.69) is 9.97 Å². The maximum atomic E-state index is 11.5. The zero-order valence-corrected chi connectivity index (χ0v) is 11.0. The van der Waals surface area contributed by atoms with Gasteiger partial charge in [0.2, 0.25) is 0 Å². The van der Waals surface area contributed by atoms with E-state index in [9.17, 15) is 9.59 Å². The zero-order chi connectivity index (χ0) is 13.8. The molecule has 98 valence electrons. The summed E-state index contributed by atoms with van der Waals surface area (Å²) in [5, 5.41) is 8.73. The molecule has 2 N–H and O–H groups in total. The highest BCUT2D eigenvalue weighted by Gasteiger charge is 2.09. The summed E-state index contributed by atoms with van der Waals surface area (Å²) >= 11 is 1.53. The largest absolute Gasteiger partial charge is 0.477 e. The predicted molar refractivity (Wildman–Crippen MR) is 72.6 cm³/mol. The number of hydrogen-bond acceptors (Lipinski definition) is 4. The van der Waals surface area contributed by atoms with Crippen LogP contribution in [0.1, 0.15) is 21.7 Å². The van der Waals surface area contributed by atoms with Gasteiger partial charge in [0, 0.05) is 11.1 Å². The molecule has 2 aromatic rings. The molecule has 0 aliphatic rings. The van der Waals surface area contributed by atoms with Crippen molar-refractivity contribution in [1.82, 2.24) is 9.97 Å². The fourth-order valence-corrected chi connectivity index (χ4v) is 2.22.